The van der Waals surface area contributed by atoms with Crippen LogP contribution < -0.4 is 4.90 Å². The number of carbonyl (C=O) groups is 1. The zero-order valence-electron chi connectivity index (χ0n) is 17.6. The maximum absolute atomic E-state index is 13.0. The summed E-state index contributed by atoms with van der Waals surface area (Å²) in [5.41, 5.74) is 4.28. The van der Waals surface area contributed by atoms with Gasteiger partial charge in [-0.25, -0.2) is 8.42 Å². The van der Waals surface area contributed by atoms with E-state index in [4.69, 9.17) is 0 Å². The van der Waals surface area contributed by atoms with Gasteiger partial charge < -0.3 is 4.90 Å². The Labute approximate surface area is 179 Å². The molecule has 160 valence electrons. The van der Waals surface area contributed by atoms with Gasteiger partial charge in [0.05, 0.1) is 4.90 Å². The predicted octanol–water partition coefficient (Wildman–Crippen LogP) is 3.95. The number of anilines is 1. The highest BCUT2D eigenvalue weighted by molar-refractivity contribution is 7.89. The van der Waals surface area contributed by atoms with Crippen LogP contribution in [0.2, 0.25) is 0 Å². The van der Waals surface area contributed by atoms with E-state index in [-0.39, 0.29) is 5.91 Å². The largest absolute Gasteiger partial charge is 0.312 e. The summed E-state index contributed by atoms with van der Waals surface area (Å²) in [6.07, 6.45) is 5.83. The minimum Gasteiger partial charge on any atom is -0.312 e. The summed E-state index contributed by atoms with van der Waals surface area (Å²) in [6.45, 7) is 3.95. The SMILES string of the molecule is CCc1ccc(CCC(=O)N2CCc3cc(S(=O)(=O)N4CCCCC4)ccc32)cc1. The van der Waals surface area contributed by atoms with E-state index in [2.05, 4.69) is 31.2 Å². The molecule has 0 atom stereocenters. The fourth-order valence-electron chi connectivity index (χ4n) is 4.38. The maximum atomic E-state index is 13.0. The zero-order valence-corrected chi connectivity index (χ0v) is 18.5. The first kappa shape index (κ1) is 21.1. The van der Waals surface area contributed by atoms with Gasteiger partial charge in [0.1, 0.15) is 0 Å². The van der Waals surface area contributed by atoms with Gasteiger partial charge in [0, 0.05) is 31.7 Å². The lowest BCUT2D eigenvalue weighted by Gasteiger charge is -2.26. The van der Waals surface area contributed by atoms with Gasteiger partial charge in [0.25, 0.3) is 0 Å². The van der Waals surface area contributed by atoms with Gasteiger partial charge in [0.15, 0.2) is 0 Å². The minimum atomic E-state index is -3.44. The number of hydrogen-bond donors (Lipinski definition) is 0. The molecule has 2 aromatic carbocycles. The van der Waals surface area contributed by atoms with Crippen LogP contribution in [0.1, 0.15) is 49.3 Å². The molecule has 1 amide bonds. The summed E-state index contributed by atoms with van der Waals surface area (Å²) in [4.78, 5) is 15.0. The van der Waals surface area contributed by atoms with Crippen LogP contribution in [0.5, 0.6) is 0 Å². The van der Waals surface area contributed by atoms with E-state index in [0.717, 1.165) is 43.4 Å². The number of aryl methyl sites for hydroxylation is 2. The normalized spacial score (nSPS) is 17.2. The summed E-state index contributed by atoms with van der Waals surface area (Å²) in [5, 5.41) is 0. The van der Waals surface area contributed by atoms with E-state index in [1.54, 1.807) is 16.4 Å². The molecule has 2 aliphatic heterocycles. The number of hydrogen-bond acceptors (Lipinski definition) is 3. The number of piperidine rings is 1. The minimum absolute atomic E-state index is 0.0972. The molecular weight excluding hydrogens is 396 g/mol. The van der Waals surface area contributed by atoms with E-state index in [1.807, 2.05) is 11.0 Å². The van der Waals surface area contributed by atoms with Crippen LogP contribution in [-0.4, -0.2) is 38.3 Å². The van der Waals surface area contributed by atoms with Crippen molar-refractivity contribution in [3.05, 3.63) is 59.2 Å². The molecule has 0 bridgehead atoms. The Morgan fingerprint density at radius 2 is 1.63 bits per heavy atom. The monoisotopic (exact) mass is 426 g/mol. The van der Waals surface area contributed by atoms with Gasteiger partial charge in [-0.2, -0.15) is 4.31 Å². The second kappa shape index (κ2) is 8.90. The molecule has 0 aromatic heterocycles. The van der Waals surface area contributed by atoms with Crippen molar-refractivity contribution in [2.45, 2.75) is 56.8 Å². The van der Waals surface area contributed by atoms with E-state index < -0.39 is 10.0 Å². The second-order valence-electron chi connectivity index (χ2n) is 8.22. The van der Waals surface area contributed by atoms with Gasteiger partial charge in [-0.15, -0.1) is 0 Å². The Bertz CT molecular complexity index is 1010. The Hall–Kier alpha value is -2.18. The van der Waals surface area contributed by atoms with Crippen LogP contribution in [0.4, 0.5) is 5.69 Å². The Morgan fingerprint density at radius 3 is 2.33 bits per heavy atom. The summed E-state index contributed by atoms with van der Waals surface area (Å²) in [5.74, 6) is 0.0972. The number of nitrogens with zero attached hydrogens (tertiary/aromatic N) is 2. The predicted molar refractivity (Wildman–Crippen MR) is 119 cm³/mol. The van der Waals surface area contributed by atoms with Crippen molar-refractivity contribution in [3.63, 3.8) is 0 Å². The van der Waals surface area contributed by atoms with Crippen LogP contribution in [0.3, 0.4) is 0 Å². The van der Waals surface area contributed by atoms with E-state index in [9.17, 15) is 13.2 Å². The lowest BCUT2D eigenvalue weighted by Crippen LogP contribution is -2.35. The summed E-state index contributed by atoms with van der Waals surface area (Å²) < 4.78 is 27.5. The lowest BCUT2D eigenvalue weighted by atomic mass is 10.1. The fraction of sp³-hybridized carbons (Fsp3) is 0.458. The Balaban J connectivity index is 1.44. The van der Waals surface area contributed by atoms with Crippen molar-refractivity contribution in [1.82, 2.24) is 4.31 Å². The first-order chi connectivity index (χ1) is 14.5. The van der Waals surface area contributed by atoms with Crippen LogP contribution in [0.15, 0.2) is 47.4 Å². The highest BCUT2D eigenvalue weighted by Gasteiger charge is 2.29. The number of rotatable bonds is 6. The van der Waals surface area contributed by atoms with Gasteiger partial charge in [0.2, 0.25) is 15.9 Å². The third kappa shape index (κ3) is 4.30. The molecule has 0 N–H and O–H groups in total. The molecule has 0 unspecified atom stereocenters. The van der Waals surface area contributed by atoms with Crippen molar-refractivity contribution in [3.8, 4) is 0 Å². The molecule has 4 rings (SSSR count). The number of benzene rings is 2. The third-order valence-electron chi connectivity index (χ3n) is 6.26. The lowest BCUT2D eigenvalue weighted by molar-refractivity contribution is -0.118. The van der Waals surface area contributed by atoms with Crippen molar-refractivity contribution in [2.75, 3.05) is 24.5 Å². The topological polar surface area (TPSA) is 57.7 Å². The van der Waals surface area contributed by atoms with Crippen molar-refractivity contribution in [2.24, 2.45) is 0 Å². The molecule has 6 heteroatoms. The van der Waals surface area contributed by atoms with Gasteiger partial charge in [-0.05, 0) is 67.0 Å². The molecule has 2 aliphatic rings. The molecule has 1 fully saturated rings. The first-order valence-corrected chi connectivity index (χ1v) is 12.4. The average Bonchev–Trinajstić information content (AvgIpc) is 3.22. The molecule has 0 aliphatic carbocycles. The molecular formula is C24H30N2O3S. The van der Waals surface area contributed by atoms with Gasteiger partial charge in [-0.1, -0.05) is 37.6 Å². The molecule has 0 radical (unpaired) electrons. The van der Waals surface area contributed by atoms with Crippen molar-refractivity contribution >= 4 is 21.6 Å². The van der Waals surface area contributed by atoms with Crippen LogP contribution in [-0.2, 0) is 34.1 Å². The van der Waals surface area contributed by atoms with Crippen molar-refractivity contribution in [1.29, 1.82) is 0 Å². The van der Waals surface area contributed by atoms with Gasteiger partial charge in [-0.3, -0.25) is 4.79 Å². The number of sulfonamides is 1. The molecule has 0 spiro atoms. The molecule has 2 aromatic rings. The van der Waals surface area contributed by atoms with E-state index in [0.29, 0.717) is 37.4 Å². The summed E-state index contributed by atoms with van der Waals surface area (Å²) in [7, 11) is -3.44. The zero-order chi connectivity index (χ0) is 21.1. The maximum Gasteiger partial charge on any atom is 0.243 e. The number of amides is 1. The Kier molecular flexibility index (Phi) is 6.25. The van der Waals surface area contributed by atoms with Gasteiger partial charge >= 0.3 is 0 Å². The first-order valence-electron chi connectivity index (χ1n) is 11.0. The van der Waals surface area contributed by atoms with Crippen LogP contribution in [0, 0.1) is 0 Å². The summed E-state index contributed by atoms with van der Waals surface area (Å²) >= 11 is 0. The molecule has 2 heterocycles. The van der Waals surface area contributed by atoms with Crippen LogP contribution >= 0.6 is 0 Å². The number of fused-ring (bicyclic) bond motifs is 1. The molecule has 1 saturated heterocycles. The smallest absolute Gasteiger partial charge is 0.243 e. The van der Waals surface area contributed by atoms with E-state index >= 15 is 0 Å². The highest BCUT2D eigenvalue weighted by atomic mass is 32.2. The van der Waals surface area contributed by atoms with Crippen molar-refractivity contribution < 1.29 is 13.2 Å². The fourth-order valence-corrected chi connectivity index (χ4v) is 5.95. The van der Waals surface area contributed by atoms with E-state index in [1.165, 1.54) is 11.1 Å². The number of carbonyl (C=O) groups excluding carboxylic acids is 1. The second-order valence-corrected chi connectivity index (χ2v) is 10.2. The highest BCUT2D eigenvalue weighted by Crippen LogP contribution is 2.32. The molecule has 5 nitrogen and oxygen atoms in total. The summed E-state index contributed by atoms with van der Waals surface area (Å²) in [6, 6.07) is 13.7. The Morgan fingerprint density at radius 1 is 0.933 bits per heavy atom. The molecule has 30 heavy (non-hydrogen) atoms. The third-order valence-corrected chi connectivity index (χ3v) is 8.15. The van der Waals surface area contributed by atoms with Crippen LogP contribution in [0.25, 0.3) is 0 Å². The average molecular weight is 427 g/mol. The standard InChI is InChI=1S/C24H30N2O3S/c1-2-19-6-8-20(9-7-19)10-13-24(27)26-17-14-21-18-22(11-12-23(21)26)30(28,29)25-15-4-3-5-16-25/h6-9,11-12,18H,2-5,10,13-17H2,1H3. The molecule has 0 saturated carbocycles. The quantitative estimate of drug-likeness (QED) is 0.703.